The Morgan fingerprint density at radius 3 is 2.67 bits per heavy atom. The molecule has 1 aromatic carbocycles. The summed E-state index contributed by atoms with van der Waals surface area (Å²) in [4.78, 5) is 11.8. The van der Waals surface area contributed by atoms with Crippen molar-refractivity contribution in [2.45, 2.75) is 20.8 Å². The van der Waals surface area contributed by atoms with E-state index >= 15 is 0 Å². The van der Waals surface area contributed by atoms with Crippen LogP contribution in [0.5, 0.6) is 0 Å². The molecule has 0 heterocycles. The Kier molecular flexibility index (Phi) is 3.67. The second kappa shape index (κ2) is 4.78. The molecule has 0 spiro atoms. The molecule has 0 aliphatic carbocycles. The second-order valence-electron chi connectivity index (χ2n) is 3.89. The molecule has 2 heteroatoms. The van der Waals surface area contributed by atoms with Crippen molar-refractivity contribution in [3.63, 3.8) is 0 Å². The Balaban J connectivity index is 2.82. The van der Waals surface area contributed by atoms with E-state index in [0.29, 0.717) is 6.54 Å². The Labute approximate surface area is 91.0 Å². The minimum absolute atomic E-state index is 0.0285. The van der Waals surface area contributed by atoms with Crippen LogP contribution in [-0.2, 0) is 0 Å². The van der Waals surface area contributed by atoms with Crippen molar-refractivity contribution in [3.05, 3.63) is 47.0 Å². The summed E-state index contributed by atoms with van der Waals surface area (Å²) >= 11 is 0. The van der Waals surface area contributed by atoms with E-state index < -0.39 is 0 Å². The Bertz CT molecular complexity index is 394. The number of carbonyl (C=O) groups is 1. The molecule has 0 aliphatic heterocycles. The van der Waals surface area contributed by atoms with Crippen LogP contribution in [0.3, 0.4) is 0 Å². The second-order valence-corrected chi connectivity index (χ2v) is 3.89. The summed E-state index contributed by atoms with van der Waals surface area (Å²) in [7, 11) is 0. The van der Waals surface area contributed by atoms with Gasteiger partial charge in [-0.2, -0.15) is 0 Å². The molecule has 0 aromatic heterocycles. The van der Waals surface area contributed by atoms with E-state index in [1.54, 1.807) is 0 Å². The molecule has 80 valence electrons. The summed E-state index contributed by atoms with van der Waals surface area (Å²) in [6.45, 7) is 10.1. The molecule has 0 radical (unpaired) electrons. The summed E-state index contributed by atoms with van der Waals surface area (Å²) in [5, 5.41) is 2.83. The third-order valence-corrected chi connectivity index (χ3v) is 2.40. The maximum Gasteiger partial charge on any atom is 0.251 e. The van der Waals surface area contributed by atoms with Gasteiger partial charge in [0.25, 0.3) is 5.91 Å². The molecule has 0 saturated carbocycles. The maximum absolute atomic E-state index is 11.8. The molecule has 15 heavy (non-hydrogen) atoms. The molecule has 1 amide bonds. The van der Waals surface area contributed by atoms with Crippen LogP contribution < -0.4 is 5.32 Å². The highest BCUT2D eigenvalue weighted by molar-refractivity contribution is 5.96. The van der Waals surface area contributed by atoms with Crippen molar-refractivity contribution < 1.29 is 4.79 Å². The summed E-state index contributed by atoms with van der Waals surface area (Å²) in [5.41, 5.74) is 3.87. The first-order valence-electron chi connectivity index (χ1n) is 5.01. The topological polar surface area (TPSA) is 29.1 Å². The summed E-state index contributed by atoms with van der Waals surface area (Å²) in [5.74, 6) is -0.0285. The van der Waals surface area contributed by atoms with Gasteiger partial charge in [0.05, 0.1) is 0 Å². The summed E-state index contributed by atoms with van der Waals surface area (Å²) in [6, 6.07) is 5.75. The third-order valence-electron chi connectivity index (χ3n) is 2.40. The van der Waals surface area contributed by atoms with Crippen molar-refractivity contribution in [2.75, 3.05) is 6.54 Å². The van der Waals surface area contributed by atoms with Gasteiger partial charge in [-0.1, -0.05) is 24.3 Å². The number of hydrogen-bond acceptors (Lipinski definition) is 1. The number of aryl methyl sites for hydroxylation is 1. The number of hydrogen-bond donors (Lipinski definition) is 1. The fourth-order valence-electron chi connectivity index (χ4n) is 1.32. The highest BCUT2D eigenvalue weighted by Crippen LogP contribution is 2.12. The van der Waals surface area contributed by atoms with E-state index in [2.05, 4.69) is 11.9 Å². The van der Waals surface area contributed by atoms with Gasteiger partial charge in [-0.25, -0.2) is 0 Å². The molecule has 0 aliphatic rings. The SMILES string of the molecule is C=C(C)CNC(=O)c1cccc(C)c1C. The number of amides is 1. The van der Waals surface area contributed by atoms with Gasteiger partial charge in [-0.05, 0) is 38.0 Å². The van der Waals surface area contributed by atoms with E-state index in [-0.39, 0.29) is 5.91 Å². The van der Waals surface area contributed by atoms with Gasteiger partial charge in [0.2, 0.25) is 0 Å². The predicted molar refractivity (Wildman–Crippen MR) is 63.1 cm³/mol. The van der Waals surface area contributed by atoms with Crippen LogP contribution in [0.15, 0.2) is 30.4 Å². The number of rotatable bonds is 3. The lowest BCUT2D eigenvalue weighted by molar-refractivity contribution is 0.0956. The van der Waals surface area contributed by atoms with Gasteiger partial charge in [0.15, 0.2) is 0 Å². The molecule has 0 atom stereocenters. The quantitative estimate of drug-likeness (QED) is 0.752. The number of carbonyl (C=O) groups excluding carboxylic acids is 1. The Morgan fingerprint density at radius 1 is 1.40 bits per heavy atom. The summed E-state index contributed by atoms with van der Waals surface area (Å²) < 4.78 is 0. The van der Waals surface area contributed by atoms with Crippen molar-refractivity contribution in [1.29, 1.82) is 0 Å². The van der Waals surface area contributed by atoms with Crippen LogP contribution in [0.25, 0.3) is 0 Å². The Morgan fingerprint density at radius 2 is 2.07 bits per heavy atom. The van der Waals surface area contributed by atoms with Gasteiger partial charge >= 0.3 is 0 Å². The largest absolute Gasteiger partial charge is 0.348 e. The fourth-order valence-corrected chi connectivity index (χ4v) is 1.32. The van der Waals surface area contributed by atoms with Crippen LogP contribution in [0.2, 0.25) is 0 Å². The molecule has 0 saturated heterocycles. The zero-order valence-corrected chi connectivity index (χ0v) is 9.55. The monoisotopic (exact) mass is 203 g/mol. The molecule has 2 nitrogen and oxygen atoms in total. The van der Waals surface area contributed by atoms with Crippen molar-refractivity contribution in [1.82, 2.24) is 5.32 Å². The third kappa shape index (κ3) is 2.94. The lowest BCUT2D eigenvalue weighted by Crippen LogP contribution is -2.25. The van der Waals surface area contributed by atoms with Crippen LogP contribution in [0.4, 0.5) is 0 Å². The zero-order valence-electron chi connectivity index (χ0n) is 9.55. The number of benzene rings is 1. The van der Waals surface area contributed by atoms with Gasteiger partial charge in [0.1, 0.15) is 0 Å². The van der Waals surface area contributed by atoms with Crippen molar-refractivity contribution in [3.8, 4) is 0 Å². The molecule has 1 rings (SSSR count). The standard InChI is InChI=1S/C13H17NO/c1-9(2)8-14-13(15)12-7-5-6-10(3)11(12)4/h5-7H,1,8H2,2-4H3,(H,14,15). The molecule has 1 N–H and O–H groups in total. The highest BCUT2D eigenvalue weighted by atomic mass is 16.1. The molecule has 0 unspecified atom stereocenters. The van der Waals surface area contributed by atoms with Crippen LogP contribution in [0.1, 0.15) is 28.4 Å². The average Bonchev–Trinajstić information content (AvgIpc) is 2.18. The molecule has 0 fully saturated rings. The molecule has 1 aromatic rings. The minimum Gasteiger partial charge on any atom is -0.348 e. The zero-order chi connectivity index (χ0) is 11.4. The van der Waals surface area contributed by atoms with E-state index in [1.165, 1.54) is 0 Å². The normalized spacial score (nSPS) is 9.80. The van der Waals surface area contributed by atoms with Crippen molar-refractivity contribution in [2.24, 2.45) is 0 Å². The predicted octanol–water partition coefficient (Wildman–Crippen LogP) is 2.61. The van der Waals surface area contributed by atoms with Gasteiger partial charge < -0.3 is 5.32 Å². The lowest BCUT2D eigenvalue weighted by Gasteiger charge is -2.09. The van der Waals surface area contributed by atoms with Crippen LogP contribution in [0, 0.1) is 13.8 Å². The first kappa shape index (κ1) is 11.5. The smallest absolute Gasteiger partial charge is 0.251 e. The van der Waals surface area contributed by atoms with E-state index in [9.17, 15) is 4.79 Å². The molecular weight excluding hydrogens is 186 g/mol. The van der Waals surface area contributed by atoms with E-state index in [1.807, 2.05) is 39.0 Å². The highest BCUT2D eigenvalue weighted by Gasteiger charge is 2.08. The minimum atomic E-state index is -0.0285. The number of nitrogens with one attached hydrogen (secondary N) is 1. The summed E-state index contributed by atoms with van der Waals surface area (Å²) in [6.07, 6.45) is 0. The van der Waals surface area contributed by atoms with Crippen molar-refractivity contribution >= 4 is 5.91 Å². The molecular formula is C13H17NO. The van der Waals surface area contributed by atoms with Crippen LogP contribution in [-0.4, -0.2) is 12.5 Å². The lowest BCUT2D eigenvalue weighted by atomic mass is 10.0. The van der Waals surface area contributed by atoms with Gasteiger partial charge in [0, 0.05) is 12.1 Å². The molecule has 0 bridgehead atoms. The van der Waals surface area contributed by atoms with Crippen LogP contribution >= 0.6 is 0 Å². The van der Waals surface area contributed by atoms with E-state index in [4.69, 9.17) is 0 Å². The average molecular weight is 203 g/mol. The first-order chi connectivity index (χ1) is 7.02. The fraction of sp³-hybridized carbons (Fsp3) is 0.308. The van der Waals surface area contributed by atoms with E-state index in [0.717, 1.165) is 22.3 Å². The maximum atomic E-state index is 11.8. The Hall–Kier alpha value is -1.57. The first-order valence-corrected chi connectivity index (χ1v) is 5.01. The van der Waals surface area contributed by atoms with Gasteiger partial charge in [-0.3, -0.25) is 4.79 Å². The van der Waals surface area contributed by atoms with Gasteiger partial charge in [-0.15, -0.1) is 0 Å².